The molecular weight excluding hydrogens is 393 g/mol. The lowest BCUT2D eigenvalue weighted by molar-refractivity contribution is -0.137. The number of nitrogens with one attached hydrogen (secondary N) is 2. The van der Waals surface area contributed by atoms with Gasteiger partial charge in [0.15, 0.2) is 0 Å². The van der Waals surface area contributed by atoms with E-state index in [1.54, 1.807) is 29.1 Å². The van der Waals surface area contributed by atoms with E-state index >= 15 is 0 Å². The molecule has 10 heteroatoms. The molecule has 0 aliphatic heterocycles. The fraction of sp³-hybridized carbons (Fsp3) is 0.167. The van der Waals surface area contributed by atoms with Gasteiger partial charge < -0.3 is 10.6 Å². The molecule has 0 bridgehead atoms. The Labute approximate surface area is 162 Å². The van der Waals surface area contributed by atoms with Crippen LogP contribution in [-0.4, -0.2) is 28.1 Å². The molecule has 0 spiro atoms. The van der Waals surface area contributed by atoms with E-state index in [2.05, 4.69) is 15.7 Å². The van der Waals surface area contributed by atoms with E-state index in [0.717, 1.165) is 12.1 Å². The number of alkyl halides is 3. The van der Waals surface area contributed by atoms with Gasteiger partial charge in [-0.3, -0.25) is 9.59 Å². The van der Waals surface area contributed by atoms with Crippen molar-refractivity contribution in [1.29, 1.82) is 0 Å². The van der Waals surface area contributed by atoms with Crippen LogP contribution >= 0.6 is 11.3 Å². The topological polar surface area (TPSA) is 76.0 Å². The van der Waals surface area contributed by atoms with Crippen LogP contribution in [0.1, 0.15) is 22.3 Å². The van der Waals surface area contributed by atoms with Gasteiger partial charge in [-0.2, -0.15) is 29.6 Å². The van der Waals surface area contributed by atoms with Crippen molar-refractivity contribution in [2.45, 2.75) is 12.6 Å². The fourth-order valence-electron chi connectivity index (χ4n) is 2.42. The number of halogens is 3. The first-order valence-electron chi connectivity index (χ1n) is 8.16. The molecule has 0 fully saturated rings. The van der Waals surface area contributed by atoms with Crippen molar-refractivity contribution in [2.75, 3.05) is 11.9 Å². The summed E-state index contributed by atoms with van der Waals surface area (Å²) in [5.41, 5.74) is -0.116. The number of carbonyl (C=O) groups excluding carboxylic acids is 2. The van der Waals surface area contributed by atoms with E-state index in [1.807, 2.05) is 0 Å². The third-order valence-electron chi connectivity index (χ3n) is 3.77. The van der Waals surface area contributed by atoms with Crippen molar-refractivity contribution < 1.29 is 22.8 Å². The van der Waals surface area contributed by atoms with E-state index in [1.165, 1.54) is 28.3 Å². The fourth-order valence-corrected chi connectivity index (χ4v) is 3.06. The number of nitrogens with zero attached hydrogens (tertiary/aromatic N) is 2. The Kier molecular flexibility index (Phi) is 5.78. The summed E-state index contributed by atoms with van der Waals surface area (Å²) in [4.78, 5) is 24.0. The average molecular weight is 408 g/mol. The summed E-state index contributed by atoms with van der Waals surface area (Å²) < 4.78 is 40.4. The first-order valence-corrected chi connectivity index (χ1v) is 9.10. The minimum Gasteiger partial charge on any atom is -0.351 e. The van der Waals surface area contributed by atoms with Crippen molar-refractivity contribution in [3.05, 3.63) is 64.6 Å². The number of aromatic nitrogens is 2. The van der Waals surface area contributed by atoms with E-state index < -0.39 is 17.6 Å². The molecule has 2 N–H and O–H groups in total. The molecule has 28 heavy (non-hydrogen) atoms. The van der Waals surface area contributed by atoms with Crippen LogP contribution < -0.4 is 10.6 Å². The van der Waals surface area contributed by atoms with Gasteiger partial charge in [0, 0.05) is 36.3 Å². The average Bonchev–Trinajstić information content (AvgIpc) is 3.35. The molecule has 2 amide bonds. The first-order chi connectivity index (χ1) is 13.3. The van der Waals surface area contributed by atoms with Crippen molar-refractivity contribution >= 4 is 28.8 Å². The Bertz CT molecular complexity index is 954. The summed E-state index contributed by atoms with van der Waals surface area (Å²) in [6, 6.07) is 6.29. The summed E-state index contributed by atoms with van der Waals surface area (Å²) in [6.07, 6.45) is -1.61. The number of rotatable bonds is 6. The largest absolute Gasteiger partial charge is 0.416 e. The Morgan fingerprint density at radius 3 is 2.68 bits per heavy atom. The maximum Gasteiger partial charge on any atom is 0.416 e. The molecule has 6 nitrogen and oxygen atoms in total. The lowest BCUT2D eigenvalue weighted by Crippen LogP contribution is -2.27. The van der Waals surface area contributed by atoms with Crippen LogP contribution in [0.3, 0.4) is 0 Å². The molecule has 0 unspecified atom stereocenters. The summed E-state index contributed by atoms with van der Waals surface area (Å²) >= 11 is 1.37. The Hall–Kier alpha value is -3.14. The SMILES string of the molecule is O=C(CCNC(=O)c1ccsc1)Nc1cc(C(F)(F)F)ccc1-n1cccn1. The second kappa shape index (κ2) is 8.26. The van der Waals surface area contributed by atoms with Gasteiger partial charge in [-0.25, -0.2) is 4.68 Å². The highest BCUT2D eigenvalue weighted by atomic mass is 32.1. The lowest BCUT2D eigenvalue weighted by atomic mass is 10.1. The van der Waals surface area contributed by atoms with Crippen LogP contribution in [0.2, 0.25) is 0 Å². The zero-order valence-electron chi connectivity index (χ0n) is 14.4. The normalized spacial score (nSPS) is 11.2. The van der Waals surface area contributed by atoms with Crippen molar-refractivity contribution in [3.63, 3.8) is 0 Å². The molecular formula is C18H15F3N4O2S. The van der Waals surface area contributed by atoms with Gasteiger partial charge in [-0.15, -0.1) is 0 Å². The minimum atomic E-state index is -4.55. The maximum atomic E-state index is 13.0. The van der Waals surface area contributed by atoms with Crippen LogP contribution in [-0.2, 0) is 11.0 Å². The van der Waals surface area contributed by atoms with Crippen LogP contribution in [0, 0.1) is 0 Å². The highest BCUT2D eigenvalue weighted by Crippen LogP contribution is 2.33. The molecule has 1 aromatic carbocycles. The van der Waals surface area contributed by atoms with Gasteiger partial charge in [-0.1, -0.05) is 0 Å². The third-order valence-corrected chi connectivity index (χ3v) is 4.45. The Balaban J connectivity index is 1.69. The van der Waals surface area contributed by atoms with Crippen LogP contribution in [0.25, 0.3) is 5.69 Å². The van der Waals surface area contributed by atoms with Crippen molar-refractivity contribution in [3.8, 4) is 5.69 Å². The molecule has 0 atom stereocenters. The van der Waals surface area contributed by atoms with Gasteiger partial charge in [0.05, 0.1) is 16.9 Å². The van der Waals surface area contributed by atoms with E-state index in [9.17, 15) is 22.8 Å². The summed E-state index contributed by atoms with van der Waals surface area (Å²) in [6.45, 7) is 0.0522. The predicted molar refractivity (Wildman–Crippen MR) is 98.5 cm³/mol. The third kappa shape index (κ3) is 4.77. The number of amides is 2. The zero-order valence-corrected chi connectivity index (χ0v) is 15.2. The summed E-state index contributed by atoms with van der Waals surface area (Å²) in [5, 5.41) is 12.5. The standard InChI is InChI=1S/C18H15F3N4O2S/c19-18(20,21)13-2-3-15(25-8-1-6-23-25)14(10-13)24-16(26)4-7-22-17(27)12-5-9-28-11-12/h1-3,5-6,8-11H,4,7H2,(H,22,27)(H,24,26). The first kappa shape index (κ1) is 19.6. The number of carbonyl (C=O) groups is 2. The molecule has 0 radical (unpaired) electrons. The van der Waals surface area contributed by atoms with E-state index in [4.69, 9.17) is 0 Å². The van der Waals surface area contributed by atoms with Gasteiger partial charge in [0.1, 0.15) is 0 Å². The van der Waals surface area contributed by atoms with Crippen LogP contribution in [0.5, 0.6) is 0 Å². The zero-order chi connectivity index (χ0) is 20.1. The van der Waals surface area contributed by atoms with Crippen molar-refractivity contribution in [2.24, 2.45) is 0 Å². The molecule has 0 aliphatic rings. The summed E-state index contributed by atoms with van der Waals surface area (Å²) in [7, 11) is 0. The molecule has 0 saturated carbocycles. The van der Waals surface area contributed by atoms with Gasteiger partial charge in [0.2, 0.25) is 5.91 Å². The number of thiophene rings is 1. The molecule has 146 valence electrons. The number of hydrogen-bond acceptors (Lipinski definition) is 4. The second-order valence-electron chi connectivity index (χ2n) is 5.75. The van der Waals surface area contributed by atoms with E-state index in [-0.39, 0.29) is 24.6 Å². The summed E-state index contributed by atoms with van der Waals surface area (Å²) in [5.74, 6) is -0.844. The minimum absolute atomic E-state index is 0.0207. The molecule has 0 aliphatic carbocycles. The van der Waals surface area contributed by atoms with Crippen LogP contribution in [0.4, 0.5) is 18.9 Å². The molecule has 0 saturated heterocycles. The molecule has 2 aromatic heterocycles. The van der Waals surface area contributed by atoms with Gasteiger partial charge in [-0.05, 0) is 35.7 Å². The monoisotopic (exact) mass is 408 g/mol. The highest BCUT2D eigenvalue weighted by Gasteiger charge is 2.31. The molecule has 2 heterocycles. The molecule has 3 aromatic rings. The molecule has 3 rings (SSSR count). The number of benzene rings is 1. The van der Waals surface area contributed by atoms with Crippen molar-refractivity contribution in [1.82, 2.24) is 15.1 Å². The smallest absolute Gasteiger partial charge is 0.351 e. The number of anilines is 1. The Morgan fingerprint density at radius 2 is 2.04 bits per heavy atom. The lowest BCUT2D eigenvalue weighted by Gasteiger charge is -2.15. The second-order valence-corrected chi connectivity index (χ2v) is 6.53. The highest BCUT2D eigenvalue weighted by molar-refractivity contribution is 7.08. The quantitative estimate of drug-likeness (QED) is 0.653. The van der Waals surface area contributed by atoms with E-state index in [0.29, 0.717) is 11.3 Å². The van der Waals surface area contributed by atoms with Gasteiger partial charge >= 0.3 is 6.18 Å². The van der Waals surface area contributed by atoms with Crippen LogP contribution in [0.15, 0.2) is 53.5 Å². The number of hydrogen-bond donors (Lipinski definition) is 2. The predicted octanol–water partition coefficient (Wildman–Crippen LogP) is 3.71. The Morgan fingerprint density at radius 1 is 1.21 bits per heavy atom. The van der Waals surface area contributed by atoms with Gasteiger partial charge in [0.25, 0.3) is 5.91 Å². The maximum absolute atomic E-state index is 13.0.